The van der Waals surface area contributed by atoms with Gasteiger partial charge in [-0.15, -0.1) is 0 Å². The smallest absolute Gasteiger partial charge is 0.420 e. The summed E-state index contributed by atoms with van der Waals surface area (Å²) in [6, 6.07) is 4.61. The van der Waals surface area contributed by atoms with Crippen molar-refractivity contribution in [2.24, 2.45) is 5.92 Å². The van der Waals surface area contributed by atoms with Crippen LogP contribution < -0.4 is 5.56 Å². The molecule has 0 bridgehead atoms. The molecule has 0 spiro atoms. The first-order valence-corrected chi connectivity index (χ1v) is 8.12. The molecular formula is C17H25NO3. The SMILES string of the molecule is O=C(OCCCCCC1CCCCC1)n1ccccc1=O. The lowest BCUT2D eigenvalue weighted by atomic mass is 9.86. The highest BCUT2D eigenvalue weighted by Gasteiger charge is 2.12. The number of carbonyl (C=O) groups is 1. The zero-order valence-corrected chi connectivity index (χ0v) is 12.6. The Balaban J connectivity index is 1.56. The molecule has 0 unspecified atom stereocenters. The van der Waals surface area contributed by atoms with Gasteiger partial charge in [-0.05, 0) is 18.4 Å². The van der Waals surface area contributed by atoms with Gasteiger partial charge >= 0.3 is 6.09 Å². The second-order valence-corrected chi connectivity index (χ2v) is 5.88. The molecule has 4 heteroatoms. The number of hydrogen-bond donors (Lipinski definition) is 0. The Morgan fingerprint density at radius 2 is 1.95 bits per heavy atom. The molecule has 1 aromatic rings. The Morgan fingerprint density at radius 1 is 1.14 bits per heavy atom. The van der Waals surface area contributed by atoms with Crippen molar-refractivity contribution in [3.05, 3.63) is 34.7 Å². The Hall–Kier alpha value is -1.58. The highest BCUT2D eigenvalue weighted by molar-refractivity contribution is 5.70. The lowest BCUT2D eigenvalue weighted by molar-refractivity contribution is 0.144. The minimum absolute atomic E-state index is 0.347. The Labute approximate surface area is 126 Å². The van der Waals surface area contributed by atoms with Crippen LogP contribution >= 0.6 is 0 Å². The molecule has 0 radical (unpaired) electrons. The van der Waals surface area contributed by atoms with Crippen molar-refractivity contribution < 1.29 is 9.53 Å². The molecule has 0 aromatic carbocycles. The van der Waals surface area contributed by atoms with Crippen LogP contribution in [0, 0.1) is 5.92 Å². The number of pyridine rings is 1. The van der Waals surface area contributed by atoms with Crippen molar-refractivity contribution in [2.75, 3.05) is 6.61 Å². The molecule has 1 fully saturated rings. The topological polar surface area (TPSA) is 48.3 Å². The lowest BCUT2D eigenvalue weighted by Crippen LogP contribution is -2.26. The van der Waals surface area contributed by atoms with Gasteiger partial charge in [0.2, 0.25) is 0 Å². The maximum atomic E-state index is 11.7. The van der Waals surface area contributed by atoms with E-state index in [9.17, 15) is 9.59 Å². The van der Waals surface area contributed by atoms with Crippen LogP contribution in [-0.4, -0.2) is 17.3 Å². The molecule has 21 heavy (non-hydrogen) atoms. The lowest BCUT2D eigenvalue weighted by Gasteiger charge is -2.21. The van der Waals surface area contributed by atoms with Gasteiger partial charge in [-0.3, -0.25) is 4.79 Å². The van der Waals surface area contributed by atoms with Gasteiger partial charge in [0.05, 0.1) is 6.61 Å². The quantitative estimate of drug-likeness (QED) is 0.745. The first kappa shape index (κ1) is 15.8. The number of unbranched alkanes of at least 4 members (excludes halogenated alkanes) is 2. The third-order valence-corrected chi connectivity index (χ3v) is 4.23. The van der Waals surface area contributed by atoms with E-state index in [4.69, 9.17) is 4.74 Å². The van der Waals surface area contributed by atoms with Gasteiger partial charge in [0, 0.05) is 12.3 Å². The maximum Gasteiger partial charge on any atom is 0.420 e. The molecule has 4 nitrogen and oxygen atoms in total. The average Bonchev–Trinajstić information content (AvgIpc) is 2.52. The summed E-state index contributed by atoms with van der Waals surface area (Å²) in [5.41, 5.74) is -0.347. The molecule has 116 valence electrons. The van der Waals surface area contributed by atoms with Crippen LogP contribution in [0.4, 0.5) is 4.79 Å². The van der Waals surface area contributed by atoms with E-state index >= 15 is 0 Å². The summed E-state index contributed by atoms with van der Waals surface area (Å²) < 4.78 is 6.13. The Bertz CT molecular complexity index is 489. The molecule has 0 amide bonds. The third kappa shape index (κ3) is 5.37. The van der Waals surface area contributed by atoms with Crippen molar-refractivity contribution in [3.63, 3.8) is 0 Å². The molecule has 1 aromatic heterocycles. The summed E-state index contributed by atoms with van der Waals surface area (Å²) in [6.07, 6.45) is 12.3. The van der Waals surface area contributed by atoms with E-state index in [0.717, 1.165) is 23.3 Å². The van der Waals surface area contributed by atoms with E-state index in [-0.39, 0.29) is 5.56 Å². The predicted molar refractivity (Wildman–Crippen MR) is 82.5 cm³/mol. The van der Waals surface area contributed by atoms with Gasteiger partial charge in [0.1, 0.15) is 0 Å². The zero-order valence-electron chi connectivity index (χ0n) is 12.6. The Kier molecular flexibility index (Phi) is 6.51. The summed E-state index contributed by atoms with van der Waals surface area (Å²) >= 11 is 0. The van der Waals surface area contributed by atoms with Crippen molar-refractivity contribution in [1.29, 1.82) is 0 Å². The van der Waals surface area contributed by atoms with Crippen LogP contribution in [0.15, 0.2) is 29.2 Å². The van der Waals surface area contributed by atoms with Crippen molar-refractivity contribution in [3.8, 4) is 0 Å². The highest BCUT2D eigenvalue weighted by Crippen LogP contribution is 2.27. The molecule has 0 saturated heterocycles. The van der Waals surface area contributed by atoms with Crippen molar-refractivity contribution >= 4 is 6.09 Å². The first-order chi connectivity index (χ1) is 10.3. The van der Waals surface area contributed by atoms with E-state index in [2.05, 4.69) is 0 Å². The molecule has 0 atom stereocenters. The van der Waals surface area contributed by atoms with Crippen molar-refractivity contribution in [2.45, 2.75) is 57.8 Å². The highest BCUT2D eigenvalue weighted by atomic mass is 16.5. The van der Waals surface area contributed by atoms with E-state index in [1.165, 1.54) is 57.2 Å². The maximum absolute atomic E-state index is 11.7. The van der Waals surface area contributed by atoms with E-state index < -0.39 is 6.09 Å². The molecule has 2 rings (SSSR count). The summed E-state index contributed by atoms with van der Waals surface area (Å²) in [5, 5.41) is 0. The third-order valence-electron chi connectivity index (χ3n) is 4.23. The fraction of sp³-hybridized carbons (Fsp3) is 0.647. The molecule has 1 aliphatic rings. The van der Waals surface area contributed by atoms with Crippen LogP contribution in [0.3, 0.4) is 0 Å². The van der Waals surface area contributed by atoms with Gasteiger partial charge in [0.15, 0.2) is 0 Å². The minimum Gasteiger partial charge on any atom is -0.449 e. The van der Waals surface area contributed by atoms with Gasteiger partial charge in [-0.2, -0.15) is 0 Å². The first-order valence-electron chi connectivity index (χ1n) is 8.12. The normalized spacial score (nSPS) is 15.8. The average molecular weight is 291 g/mol. The molecule has 0 N–H and O–H groups in total. The molecular weight excluding hydrogens is 266 g/mol. The summed E-state index contributed by atoms with van der Waals surface area (Å²) in [6.45, 7) is 0.394. The second-order valence-electron chi connectivity index (χ2n) is 5.88. The molecule has 1 saturated carbocycles. The molecule has 1 aliphatic carbocycles. The van der Waals surface area contributed by atoms with Crippen LogP contribution in [0.1, 0.15) is 57.8 Å². The summed E-state index contributed by atoms with van der Waals surface area (Å²) in [5.74, 6) is 0.921. The molecule has 0 aliphatic heterocycles. The van der Waals surface area contributed by atoms with Crippen LogP contribution in [0.25, 0.3) is 0 Å². The number of hydrogen-bond acceptors (Lipinski definition) is 3. The number of ether oxygens (including phenoxy) is 1. The van der Waals surface area contributed by atoms with E-state index in [1.54, 1.807) is 12.1 Å². The zero-order chi connectivity index (χ0) is 14.9. The van der Waals surface area contributed by atoms with Crippen molar-refractivity contribution in [1.82, 2.24) is 4.57 Å². The monoisotopic (exact) mass is 291 g/mol. The Morgan fingerprint density at radius 3 is 2.71 bits per heavy atom. The second kappa shape index (κ2) is 8.65. The van der Waals surface area contributed by atoms with Crippen LogP contribution in [0.2, 0.25) is 0 Å². The number of aromatic nitrogens is 1. The minimum atomic E-state index is -0.576. The summed E-state index contributed by atoms with van der Waals surface area (Å²) in [4.78, 5) is 23.1. The van der Waals surface area contributed by atoms with Crippen LogP contribution in [0.5, 0.6) is 0 Å². The standard InChI is InChI=1S/C17H25NO3/c19-16-12-6-7-13-18(16)17(20)21-14-8-2-5-11-15-9-3-1-4-10-15/h6-7,12-13,15H,1-5,8-11,14H2. The van der Waals surface area contributed by atoms with E-state index in [1.807, 2.05) is 0 Å². The van der Waals surface area contributed by atoms with Gasteiger partial charge in [-0.25, -0.2) is 9.36 Å². The van der Waals surface area contributed by atoms with Gasteiger partial charge in [0.25, 0.3) is 5.56 Å². The largest absolute Gasteiger partial charge is 0.449 e. The predicted octanol–water partition coefficient (Wildman–Crippen LogP) is 3.97. The fourth-order valence-electron chi connectivity index (χ4n) is 2.99. The molecule has 1 heterocycles. The number of carbonyl (C=O) groups excluding carboxylic acids is 1. The summed E-state index contributed by atoms with van der Waals surface area (Å²) in [7, 11) is 0. The van der Waals surface area contributed by atoms with E-state index in [0.29, 0.717) is 6.61 Å². The fourth-order valence-corrected chi connectivity index (χ4v) is 2.99. The van der Waals surface area contributed by atoms with Gasteiger partial charge in [-0.1, -0.05) is 57.4 Å². The number of rotatable bonds is 6. The van der Waals surface area contributed by atoms with Gasteiger partial charge < -0.3 is 4.74 Å². The van der Waals surface area contributed by atoms with Crippen LogP contribution in [-0.2, 0) is 4.74 Å². The number of nitrogens with zero attached hydrogens (tertiary/aromatic N) is 1.